The lowest BCUT2D eigenvalue weighted by molar-refractivity contribution is 0.0926. The fourth-order valence-corrected chi connectivity index (χ4v) is 1.08. The molecule has 0 aliphatic rings. The standard InChI is InChI=1S/C8H12N4O2.C2H6/c1-9-7(13)5-4-12(3)11-6(5)8(14)10-2;1-2/h4H,1-3H3,(H,9,13)(H,10,14);1-2H3. The van der Waals surface area contributed by atoms with Crippen LogP contribution in [0.25, 0.3) is 0 Å². The minimum absolute atomic E-state index is 0.134. The van der Waals surface area contributed by atoms with Crippen molar-refractivity contribution < 1.29 is 9.59 Å². The summed E-state index contributed by atoms with van der Waals surface area (Å²) >= 11 is 0. The highest BCUT2D eigenvalue weighted by Crippen LogP contribution is 2.05. The molecule has 1 aromatic rings. The Morgan fingerprint density at radius 1 is 1.19 bits per heavy atom. The molecule has 1 aromatic heterocycles. The molecule has 6 heteroatoms. The fourth-order valence-electron chi connectivity index (χ4n) is 1.08. The van der Waals surface area contributed by atoms with Gasteiger partial charge < -0.3 is 10.6 Å². The first kappa shape index (κ1) is 14.2. The lowest BCUT2D eigenvalue weighted by Crippen LogP contribution is -2.25. The van der Waals surface area contributed by atoms with Gasteiger partial charge in [0, 0.05) is 27.3 Å². The predicted octanol–water partition coefficient (Wildman–Crippen LogP) is 0.166. The fraction of sp³-hybridized carbons (Fsp3) is 0.500. The number of carbonyl (C=O) groups excluding carboxylic acids is 2. The Kier molecular flexibility index (Phi) is 5.84. The topological polar surface area (TPSA) is 76.0 Å². The highest BCUT2D eigenvalue weighted by molar-refractivity contribution is 6.05. The van der Waals surface area contributed by atoms with Gasteiger partial charge in [-0.3, -0.25) is 14.3 Å². The van der Waals surface area contributed by atoms with Crippen molar-refractivity contribution >= 4 is 11.8 Å². The van der Waals surface area contributed by atoms with Crippen molar-refractivity contribution in [2.45, 2.75) is 13.8 Å². The zero-order chi connectivity index (χ0) is 12.7. The van der Waals surface area contributed by atoms with Crippen molar-refractivity contribution in [2.24, 2.45) is 7.05 Å². The average Bonchev–Trinajstić information content (AvgIpc) is 2.71. The smallest absolute Gasteiger partial charge is 0.272 e. The number of nitrogens with zero attached hydrogens (tertiary/aromatic N) is 2. The van der Waals surface area contributed by atoms with Crippen LogP contribution in [0.3, 0.4) is 0 Å². The molecule has 0 radical (unpaired) electrons. The van der Waals surface area contributed by atoms with Crippen molar-refractivity contribution in [3.63, 3.8) is 0 Å². The quantitative estimate of drug-likeness (QED) is 0.754. The monoisotopic (exact) mass is 226 g/mol. The van der Waals surface area contributed by atoms with E-state index in [9.17, 15) is 9.59 Å². The Bertz CT molecular complexity index is 337. The van der Waals surface area contributed by atoms with Gasteiger partial charge >= 0.3 is 0 Å². The highest BCUT2D eigenvalue weighted by atomic mass is 16.2. The third-order valence-electron chi connectivity index (χ3n) is 1.74. The number of aryl methyl sites for hydroxylation is 1. The number of hydrogen-bond donors (Lipinski definition) is 2. The molecule has 1 rings (SSSR count). The molecule has 2 N–H and O–H groups in total. The molecule has 90 valence electrons. The molecular formula is C10H18N4O2. The zero-order valence-electron chi connectivity index (χ0n) is 10.3. The Morgan fingerprint density at radius 2 is 1.69 bits per heavy atom. The lowest BCUT2D eigenvalue weighted by atomic mass is 10.2. The van der Waals surface area contributed by atoms with Gasteiger partial charge in [-0.05, 0) is 0 Å². The van der Waals surface area contributed by atoms with Crippen LogP contribution < -0.4 is 10.6 Å². The number of carbonyl (C=O) groups is 2. The second-order valence-electron chi connectivity index (χ2n) is 2.72. The Morgan fingerprint density at radius 3 is 2.12 bits per heavy atom. The van der Waals surface area contributed by atoms with Crippen molar-refractivity contribution in [3.8, 4) is 0 Å². The first-order chi connectivity index (χ1) is 7.60. The van der Waals surface area contributed by atoms with Crippen LogP contribution in [0.1, 0.15) is 34.7 Å². The van der Waals surface area contributed by atoms with Crippen LogP contribution in [0, 0.1) is 0 Å². The SMILES string of the molecule is CC.CNC(=O)c1cn(C)nc1C(=O)NC. The van der Waals surface area contributed by atoms with Gasteiger partial charge in [0.25, 0.3) is 11.8 Å². The maximum Gasteiger partial charge on any atom is 0.272 e. The maximum atomic E-state index is 11.3. The predicted molar refractivity (Wildman–Crippen MR) is 61.3 cm³/mol. The Hall–Kier alpha value is -1.85. The molecule has 16 heavy (non-hydrogen) atoms. The molecular weight excluding hydrogens is 208 g/mol. The third-order valence-corrected chi connectivity index (χ3v) is 1.74. The van der Waals surface area contributed by atoms with Gasteiger partial charge in [0.15, 0.2) is 5.69 Å². The molecule has 0 spiro atoms. The summed E-state index contributed by atoms with van der Waals surface area (Å²) in [4.78, 5) is 22.6. The molecule has 0 atom stereocenters. The molecule has 2 amide bonds. The first-order valence-corrected chi connectivity index (χ1v) is 5.08. The molecule has 0 aliphatic carbocycles. The summed E-state index contributed by atoms with van der Waals surface area (Å²) in [6, 6.07) is 0. The summed E-state index contributed by atoms with van der Waals surface area (Å²) in [5.74, 6) is -0.694. The summed E-state index contributed by atoms with van der Waals surface area (Å²) in [5.41, 5.74) is 0.406. The van der Waals surface area contributed by atoms with E-state index < -0.39 is 0 Å². The summed E-state index contributed by atoms with van der Waals surface area (Å²) in [6.45, 7) is 4.00. The van der Waals surface area contributed by atoms with Crippen LogP contribution in [-0.4, -0.2) is 35.7 Å². The first-order valence-electron chi connectivity index (χ1n) is 5.08. The average molecular weight is 226 g/mol. The highest BCUT2D eigenvalue weighted by Gasteiger charge is 2.19. The van der Waals surface area contributed by atoms with Gasteiger partial charge in [-0.25, -0.2) is 0 Å². The molecule has 0 saturated heterocycles. The van der Waals surface area contributed by atoms with E-state index in [0.717, 1.165) is 0 Å². The van der Waals surface area contributed by atoms with Gasteiger partial charge in [0.1, 0.15) is 0 Å². The molecule has 0 aliphatic heterocycles. The van der Waals surface area contributed by atoms with E-state index in [1.165, 1.54) is 25.0 Å². The molecule has 0 saturated carbocycles. The molecule has 0 unspecified atom stereocenters. The van der Waals surface area contributed by atoms with E-state index in [2.05, 4.69) is 15.7 Å². The summed E-state index contributed by atoms with van der Waals surface area (Å²) in [6.07, 6.45) is 1.50. The number of hydrogen-bond acceptors (Lipinski definition) is 3. The summed E-state index contributed by atoms with van der Waals surface area (Å²) < 4.78 is 1.43. The number of amides is 2. The van der Waals surface area contributed by atoms with Gasteiger partial charge in [-0.15, -0.1) is 0 Å². The van der Waals surface area contributed by atoms with Crippen molar-refractivity contribution in [3.05, 3.63) is 17.5 Å². The molecule has 0 aromatic carbocycles. The number of rotatable bonds is 2. The molecule has 0 fully saturated rings. The second-order valence-corrected chi connectivity index (χ2v) is 2.72. The number of nitrogens with one attached hydrogen (secondary N) is 2. The Labute approximate surface area is 95.0 Å². The van der Waals surface area contributed by atoms with Gasteiger partial charge in [-0.1, -0.05) is 13.8 Å². The van der Waals surface area contributed by atoms with E-state index >= 15 is 0 Å². The van der Waals surface area contributed by atoms with Crippen LogP contribution in [0.2, 0.25) is 0 Å². The van der Waals surface area contributed by atoms with Crippen LogP contribution >= 0.6 is 0 Å². The third kappa shape index (κ3) is 3.08. The van der Waals surface area contributed by atoms with Crippen LogP contribution in [-0.2, 0) is 7.05 Å². The second kappa shape index (κ2) is 6.60. The lowest BCUT2D eigenvalue weighted by Gasteiger charge is -1.98. The van der Waals surface area contributed by atoms with Crippen molar-refractivity contribution in [1.82, 2.24) is 20.4 Å². The van der Waals surface area contributed by atoms with Crippen LogP contribution in [0.4, 0.5) is 0 Å². The number of aromatic nitrogens is 2. The Balaban J connectivity index is 0.00000106. The normalized spacial score (nSPS) is 8.81. The van der Waals surface area contributed by atoms with E-state index in [0.29, 0.717) is 0 Å². The van der Waals surface area contributed by atoms with Crippen molar-refractivity contribution in [1.29, 1.82) is 0 Å². The van der Waals surface area contributed by atoms with Crippen LogP contribution in [0.5, 0.6) is 0 Å². The van der Waals surface area contributed by atoms with E-state index in [-0.39, 0.29) is 23.1 Å². The van der Waals surface area contributed by atoms with Gasteiger partial charge in [-0.2, -0.15) is 5.10 Å². The van der Waals surface area contributed by atoms with Crippen LogP contribution in [0.15, 0.2) is 6.20 Å². The summed E-state index contributed by atoms with van der Waals surface area (Å²) in [5, 5.41) is 8.76. The zero-order valence-corrected chi connectivity index (χ0v) is 10.3. The van der Waals surface area contributed by atoms with E-state index in [4.69, 9.17) is 0 Å². The van der Waals surface area contributed by atoms with Gasteiger partial charge in [0.2, 0.25) is 0 Å². The van der Waals surface area contributed by atoms with Gasteiger partial charge in [0.05, 0.1) is 5.56 Å². The largest absolute Gasteiger partial charge is 0.355 e. The van der Waals surface area contributed by atoms with Crippen molar-refractivity contribution in [2.75, 3.05) is 14.1 Å². The minimum atomic E-state index is -0.371. The van der Waals surface area contributed by atoms with E-state index in [1.807, 2.05) is 13.8 Å². The molecule has 6 nitrogen and oxygen atoms in total. The molecule has 1 heterocycles. The van der Waals surface area contributed by atoms with E-state index in [1.54, 1.807) is 7.05 Å². The summed E-state index contributed by atoms with van der Waals surface area (Å²) in [7, 11) is 4.65. The maximum absolute atomic E-state index is 11.3. The molecule has 0 bridgehead atoms. The minimum Gasteiger partial charge on any atom is -0.355 e.